The first kappa shape index (κ1) is 12.8. The van der Waals surface area contributed by atoms with Crippen LogP contribution in [-0.4, -0.2) is 20.3 Å². The Morgan fingerprint density at radius 3 is 2.42 bits per heavy atom. The zero-order valence-corrected chi connectivity index (χ0v) is 12.0. The van der Waals surface area contributed by atoms with Crippen LogP contribution in [0.4, 0.5) is 0 Å². The van der Waals surface area contributed by atoms with Gasteiger partial charge in [-0.2, -0.15) is 0 Å². The molecule has 3 rings (SSSR count). The van der Waals surface area contributed by atoms with Crippen molar-refractivity contribution in [3.8, 4) is 11.5 Å². The summed E-state index contributed by atoms with van der Waals surface area (Å²) in [5, 5.41) is 3.81. The van der Waals surface area contributed by atoms with Crippen LogP contribution in [-0.2, 0) is 6.42 Å². The normalized spacial score (nSPS) is 25.8. The summed E-state index contributed by atoms with van der Waals surface area (Å²) in [7, 11) is 3.42. The van der Waals surface area contributed by atoms with Crippen molar-refractivity contribution in [3.05, 3.63) is 23.3 Å². The number of hydrogen-bond donors (Lipinski definition) is 1. The van der Waals surface area contributed by atoms with Gasteiger partial charge in [-0.15, -0.1) is 0 Å². The molecule has 3 nitrogen and oxygen atoms in total. The molecule has 0 aromatic heterocycles. The van der Waals surface area contributed by atoms with Crippen molar-refractivity contribution in [2.24, 2.45) is 5.92 Å². The molecule has 1 aromatic rings. The smallest absolute Gasteiger partial charge is 0.161 e. The second kappa shape index (κ2) is 5.04. The maximum Gasteiger partial charge on any atom is 0.161 e. The van der Waals surface area contributed by atoms with Crippen LogP contribution in [0.2, 0.25) is 0 Å². The summed E-state index contributed by atoms with van der Waals surface area (Å²) in [4.78, 5) is 0. The Morgan fingerprint density at radius 1 is 1.16 bits per heavy atom. The summed E-state index contributed by atoms with van der Waals surface area (Å²) >= 11 is 0. The van der Waals surface area contributed by atoms with Gasteiger partial charge in [0.1, 0.15) is 0 Å². The first-order valence-electron chi connectivity index (χ1n) is 7.27. The maximum atomic E-state index is 5.45. The molecule has 1 fully saturated rings. The minimum absolute atomic E-state index is 0.508. The van der Waals surface area contributed by atoms with Crippen molar-refractivity contribution in [1.82, 2.24) is 5.32 Å². The highest BCUT2D eigenvalue weighted by Crippen LogP contribution is 2.46. The Balaban J connectivity index is 2.02. The van der Waals surface area contributed by atoms with Gasteiger partial charge in [0.05, 0.1) is 14.2 Å². The van der Waals surface area contributed by atoms with Crippen LogP contribution in [0.5, 0.6) is 11.5 Å². The molecule has 3 heteroatoms. The minimum atomic E-state index is 0.508. The lowest BCUT2D eigenvalue weighted by molar-refractivity contribution is 0.341. The van der Waals surface area contributed by atoms with Crippen molar-refractivity contribution in [2.45, 2.75) is 44.7 Å². The van der Waals surface area contributed by atoms with Crippen molar-refractivity contribution in [3.63, 3.8) is 0 Å². The standard InChI is InChI=1S/C16H23NO2/c1-4-12-7-11-8-14(18-2)15(19-3)9-13(11)16(17-12)10-5-6-10/h8-10,12,16-17H,4-7H2,1-3H3. The fourth-order valence-corrected chi connectivity index (χ4v) is 3.15. The van der Waals surface area contributed by atoms with Gasteiger partial charge in [0, 0.05) is 12.1 Å². The highest BCUT2D eigenvalue weighted by Gasteiger charge is 2.37. The van der Waals surface area contributed by atoms with Crippen LogP contribution in [0, 0.1) is 5.92 Å². The van der Waals surface area contributed by atoms with Gasteiger partial charge in [0.2, 0.25) is 0 Å². The zero-order chi connectivity index (χ0) is 13.4. The molecule has 19 heavy (non-hydrogen) atoms. The molecule has 0 bridgehead atoms. The quantitative estimate of drug-likeness (QED) is 0.903. The molecule has 1 N–H and O–H groups in total. The number of ether oxygens (including phenoxy) is 2. The van der Waals surface area contributed by atoms with Gasteiger partial charge in [0.25, 0.3) is 0 Å². The molecule has 0 amide bonds. The molecule has 2 aliphatic rings. The number of rotatable bonds is 4. The zero-order valence-electron chi connectivity index (χ0n) is 12.0. The van der Waals surface area contributed by atoms with Gasteiger partial charge in [-0.25, -0.2) is 0 Å². The molecule has 1 aromatic carbocycles. The Kier molecular flexibility index (Phi) is 3.40. The summed E-state index contributed by atoms with van der Waals surface area (Å²) in [6.45, 7) is 2.26. The van der Waals surface area contributed by atoms with E-state index in [9.17, 15) is 0 Å². The Labute approximate surface area is 115 Å². The lowest BCUT2D eigenvalue weighted by Gasteiger charge is -2.33. The van der Waals surface area contributed by atoms with Gasteiger partial charge in [-0.05, 0) is 54.9 Å². The van der Waals surface area contributed by atoms with Crippen LogP contribution < -0.4 is 14.8 Å². The van der Waals surface area contributed by atoms with Crippen LogP contribution in [0.25, 0.3) is 0 Å². The Bertz CT molecular complexity index is 468. The molecule has 2 unspecified atom stereocenters. The largest absolute Gasteiger partial charge is 0.493 e. The van der Waals surface area contributed by atoms with Crippen LogP contribution in [0.1, 0.15) is 43.4 Å². The summed E-state index contributed by atoms with van der Waals surface area (Å²) in [5.41, 5.74) is 2.85. The summed E-state index contributed by atoms with van der Waals surface area (Å²) in [6.07, 6.45) is 4.97. The summed E-state index contributed by atoms with van der Waals surface area (Å²) in [5.74, 6) is 2.52. The van der Waals surface area contributed by atoms with Crippen molar-refractivity contribution in [2.75, 3.05) is 14.2 Å². The summed E-state index contributed by atoms with van der Waals surface area (Å²) in [6, 6.07) is 5.45. The predicted molar refractivity (Wildman–Crippen MR) is 75.9 cm³/mol. The maximum absolute atomic E-state index is 5.45. The molecule has 104 valence electrons. The van der Waals surface area contributed by atoms with Gasteiger partial charge < -0.3 is 14.8 Å². The third-order valence-electron chi connectivity index (χ3n) is 4.45. The molecular weight excluding hydrogens is 238 g/mol. The molecule has 0 radical (unpaired) electrons. The molecular formula is C16H23NO2. The van der Waals surface area contributed by atoms with Crippen LogP contribution >= 0.6 is 0 Å². The number of nitrogens with one attached hydrogen (secondary N) is 1. The highest BCUT2D eigenvalue weighted by molar-refractivity contribution is 5.50. The lowest BCUT2D eigenvalue weighted by Crippen LogP contribution is -2.40. The molecule has 2 atom stereocenters. The average molecular weight is 261 g/mol. The van der Waals surface area contributed by atoms with Gasteiger partial charge in [0.15, 0.2) is 11.5 Å². The van der Waals surface area contributed by atoms with Gasteiger partial charge in [-0.3, -0.25) is 0 Å². The van der Waals surface area contributed by atoms with Crippen LogP contribution in [0.15, 0.2) is 12.1 Å². The topological polar surface area (TPSA) is 30.5 Å². The van der Waals surface area contributed by atoms with Crippen molar-refractivity contribution >= 4 is 0 Å². The fourth-order valence-electron chi connectivity index (χ4n) is 3.15. The van der Waals surface area contributed by atoms with E-state index in [4.69, 9.17) is 9.47 Å². The third-order valence-corrected chi connectivity index (χ3v) is 4.45. The van der Waals surface area contributed by atoms with E-state index in [0.717, 1.165) is 23.8 Å². The SMILES string of the molecule is CCC1Cc2cc(OC)c(OC)cc2C(C2CC2)N1. The van der Waals surface area contributed by atoms with Crippen LogP contribution in [0.3, 0.4) is 0 Å². The van der Waals surface area contributed by atoms with Crippen molar-refractivity contribution in [1.29, 1.82) is 0 Å². The number of methoxy groups -OCH3 is 2. The Hall–Kier alpha value is -1.22. The predicted octanol–water partition coefficient (Wildman–Crippen LogP) is 3.08. The first-order chi connectivity index (χ1) is 9.26. The average Bonchev–Trinajstić information content (AvgIpc) is 3.28. The monoisotopic (exact) mass is 261 g/mol. The first-order valence-corrected chi connectivity index (χ1v) is 7.27. The second-order valence-electron chi connectivity index (χ2n) is 5.70. The molecule has 1 heterocycles. The third kappa shape index (κ3) is 2.32. The van der Waals surface area contributed by atoms with Gasteiger partial charge >= 0.3 is 0 Å². The number of fused-ring (bicyclic) bond motifs is 1. The minimum Gasteiger partial charge on any atom is -0.493 e. The molecule has 0 saturated heterocycles. The molecule has 1 aliphatic carbocycles. The number of benzene rings is 1. The van der Waals surface area contributed by atoms with E-state index in [0.29, 0.717) is 12.1 Å². The lowest BCUT2D eigenvalue weighted by atomic mass is 9.86. The van der Waals surface area contributed by atoms with E-state index in [1.807, 2.05) is 0 Å². The molecule has 0 spiro atoms. The van der Waals surface area contributed by atoms with E-state index in [-0.39, 0.29) is 0 Å². The molecule has 1 saturated carbocycles. The van der Waals surface area contributed by atoms with E-state index in [1.54, 1.807) is 14.2 Å². The summed E-state index contributed by atoms with van der Waals surface area (Å²) < 4.78 is 10.9. The molecule has 1 aliphatic heterocycles. The second-order valence-corrected chi connectivity index (χ2v) is 5.70. The van der Waals surface area contributed by atoms with Gasteiger partial charge in [-0.1, -0.05) is 6.92 Å². The van der Waals surface area contributed by atoms with E-state index >= 15 is 0 Å². The fraction of sp³-hybridized carbons (Fsp3) is 0.625. The van der Waals surface area contributed by atoms with E-state index in [2.05, 4.69) is 24.4 Å². The van der Waals surface area contributed by atoms with E-state index < -0.39 is 0 Å². The van der Waals surface area contributed by atoms with Crippen molar-refractivity contribution < 1.29 is 9.47 Å². The van der Waals surface area contributed by atoms with E-state index in [1.165, 1.54) is 30.4 Å². The highest BCUT2D eigenvalue weighted by atomic mass is 16.5. The Morgan fingerprint density at radius 2 is 1.84 bits per heavy atom. The number of hydrogen-bond acceptors (Lipinski definition) is 3.